The molecule has 0 aliphatic heterocycles. The van der Waals surface area contributed by atoms with Crippen molar-refractivity contribution in [3.8, 4) is 0 Å². The van der Waals surface area contributed by atoms with Gasteiger partial charge in [0, 0.05) is 31.7 Å². The summed E-state index contributed by atoms with van der Waals surface area (Å²) in [7, 11) is 1.68. The number of hydrogen-bond acceptors (Lipinski definition) is 5. The number of aromatic nitrogens is 1. The molecule has 1 aromatic rings. The Hall–Kier alpha value is -1.18. The molecule has 0 aliphatic carbocycles. The predicted molar refractivity (Wildman–Crippen MR) is 91.7 cm³/mol. The van der Waals surface area contributed by atoms with Gasteiger partial charge in [0.2, 0.25) is 0 Å². The molecule has 126 valence electrons. The lowest BCUT2D eigenvalue weighted by molar-refractivity contribution is 0.0698. The fourth-order valence-electron chi connectivity index (χ4n) is 1.84. The van der Waals surface area contributed by atoms with Gasteiger partial charge < -0.3 is 20.1 Å². The molecule has 0 radical (unpaired) electrons. The summed E-state index contributed by atoms with van der Waals surface area (Å²) in [6, 6.07) is 0. The van der Waals surface area contributed by atoms with Crippen LogP contribution in [0.4, 0.5) is 0 Å². The molecule has 0 saturated carbocycles. The molecule has 1 aromatic heterocycles. The lowest BCUT2D eigenvalue weighted by Crippen LogP contribution is -2.38. The number of rotatable bonds is 10. The third-order valence-electron chi connectivity index (χ3n) is 2.91. The Bertz CT molecular complexity index is 449. The lowest BCUT2D eigenvalue weighted by Gasteiger charge is -2.11. The van der Waals surface area contributed by atoms with Crippen LogP contribution < -0.4 is 10.6 Å². The lowest BCUT2D eigenvalue weighted by atomic mass is 10.4. The van der Waals surface area contributed by atoms with Crippen molar-refractivity contribution in [3.05, 3.63) is 15.6 Å². The van der Waals surface area contributed by atoms with Crippen molar-refractivity contribution in [2.45, 2.75) is 33.7 Å². The van der Waals surface area contributed by atoms with Crippen LogP contribution in [0.5, 0.6) is 0 Å². The summed E-state index contributed by atoms with van der Waals surface area (Å²) in [6.07, 6.45) is 0.937. The summed E-state index contributed by atoms with van der Waals surface area (Å²) in [5, 5.41) is 7.66. The number of methoxy groups -OCH3 is 1. The first-order chi connectivity index (χ1) is 10.7. The van der Waals surface area contributed by atoms with Crippen molar-refractivity contribution >= 4 is 17.3 Å². The number of aliphatic imine (C=N–C) groups is 1. The molecule has 0 bridgehead atoms. The second kappa shape index (κ2) is 11.4. The molecular formula is C15H28N4O2S. The Morgan fingerprint density at radius 1 is 1.23 bits per heavy atom. The molecule has 0 saturated heterocycles. The van der Waals surface area contributed by atoms with Gasteiger partial charge in [-0.2, -0.15) is 0 Å². The van der Waals surface area contributed by atoms with E-state index in [4.69, 9.17) is 9.47 Å². The van der Waals surface area contributed by atoms with Crippen molar-refractivity contribution in [2.75, 3.05) is 40.0 Å². The average molecular weight is 328 g/mol. The van der Waals surface area contributed by atoms with Crippen LogP contribution in [0.3, 0.4) is 0 Å². The first-order valence-corrected chi connectivity index (χ1v) is 8.50. The van der Waals surface area contributed by atoms with Crippen LogP contribution >= 0.6 is 11.3 Å². The van der Waals surface area contributed by atoms with E-state index in [1.165, 1.54) is 4.88 Å². The van der Waals surface area contributed by atoms with Gasteiger partial charge in [0.25, 0.3) is 0 Å². The van der Waals surface area contributed by atoms with E-state index in [0.29, 0.717) is 19.8 Å². The fraction of sp³-hybridized carbons (Fsp3) is 0.733. The van der Waals surface area contributed by atoms with Crippen molar-refractivity contribution in [2.24, 2.45) is 4.99 Å². The maximum atomic E-state index is 5.43. The van der Waals surface area contributed by atoms with Gasteiger partial charge in [0.15, 0.2) is 5.96 Å². The molecule has 1 heterocycles. The SMILES string of the molecule is CCNC(=NCc1sc(C)nc1C)NCCCOCCOC. The van der Waals surface area contributed by atoms with Crippen LogP contribution in [-0.2, 0) is 16.0 Å². The van der Waals surface area contributed by atoms with Crippen LogP contribution in [0.2, 0.25) is 0 Å². The smallest absolute Gasteiger partial charge is 0.191 e. The highest BCUT2D eigenvalue weighted by Gasteiger charge is 2.04. The number of nitrogens with zero attached hydrogens (tertiary/aromatic N) is 2. The second-order valence-electron chi connectivity index (χ2n) is 4.82. The summed E-state index contributed by atoms with van der Waals surface area (Å²) < 4.78 is 10.4. The summed E-state index contributed by atoms with van der Waals surface area (Å²) in [4.78, 5) is 10.3. The molecule has 0 spiro atoms. The van der Waals surface area contributed by atoms with Crippen LogP contribution in [0.25, 0.3) is 0 Å². The molecule has 0 unspecified atom stereocenters. The summed E-state index contributed by atoms with van der Waals surface area (Å²) in [6.45, 7) is 10.5. The van der Waals surface area contributed by atoms with Crippen LogP contribution in [0.1, 0.15) is 28.9 Å². The zero-order valence-corrected chi connectivity index (χ0v) is 14.9. The Kier molecular flexibility index (Phi) is 9.77. The van der Waals surface area contributed by atoms with E-state index < -0.39 is 0 Å². The molecule has 0 aliphatic rings. The zero-order valence-electron chi connectivity index (χ0n) is 14.1. The Balaban J connectivity index is 2.31. The third-order valence-corrected chi connectivity index (χ3v) is 3.97. The van der Waals surface area contributed by atoms with Crippen molar-refractivity contribution in [1.82, 2.24) is 15.6 Å². The van der Waals surface area contributed by atoms with Gasteiger partial charge in [-0.1, -0.05) is 0 Å². The first kappa shape index (κ1) is 18.9. The Morgan fingerprint density at radius 2 is 2.05 bits per heavy atom. The van der Waals surface area contributed by atoms with Crippen molar-refractivity contribution in [3.63, 3.8) is 0 Å². The summed E-state index contributed by atoms with van der Waals surface area (Å²) >= 11 is 1.71. The highest BCUT2D eigenvalue weighted by atomic mass is 32.1. The topological polar surface area (TPSA) is 67.8 Å². The van der Waals surface area contributed by atoms with Gasteiger partial charge in [-0.25, -0.2) is 9.98 Å². The van der Waals surface area contributed by atoms with E-state index in [2.05, 4.69) is 27.5 Å². The Morgan fingerprint density at radius 3 is 2.68 bits per heavy atom. The molecule has 0 atom stereocenters. The van der Waals surface area contributed by atoms with E-state index in [1.807, 2.05) is 13.8 Å². The largest absolute Gasteiger partial charge is 0.382 e. The van der Waals surface area contributed by atoms with Gasteiger partial charge in [-0.05, 0) is 27.2 Å². The molecule has 2 N–H and O–H groups in total. The average Bonchev–Trinajstić information content (AvgIpc) is 2.81. The molecule has 7 heteroatoms. The van der Waals surface area contributed by atoms with Gasteiger partial charge in [0.1, 0.15) is 0 Å². The highest BCUT2D eigenvalue weighted by molar-refractivity contribution is 7.11. The van der Waals surface area contributed by atoms with Gasteiger partial charge >= 0.3 is 0 Å². The van der Waals surface area contributed by atoms with Crippen LogP contribution in [0.15, 0.2) is 4.99 Å². The van der Waals surface area contributed by atoms with Gasteiger partial charge in [-0.3, -0.25) is 0 Å². The minimum Gasteiger partial charge on any atom is -0.382 e. The van der Waals surface area contributed by atoms with E-state index in [-0.39, 0.29) is 0 Å². The first-order valence-electron chi connectivity index (χ1n) is 7.69. The maximum Gasteiger partial charge on any atom is 0.191 e. The minimum atomic E-state index is 0.644. The minimum absolute atomic E-state index is 0.644. The molecule has 0 fully saturated rings. The van der Waals surface area contributed by atoms with E-state index in [1.54, 1.807) is 18.4 Å². The predicted octanol–water partition coefficient (Wildman–Crippen LogP) is 1.87. The number of guanidine groups is 1. The van der Waals surface area contributed by atoms with E-state index in [9.17, 15) is 0 Å². The molecule has 1 rings (SSSR count). The maximum absolute atomic E-state index is 5.43. The van der Waals surface area contributed by atoms with Crippen molar-refractivity contribution < 1.29 is 9.47 Å². The molecular weight excluding hydrogens is 300 g/mol. The molecule has 22 heavy (non-hydrogen) atoms. The van der Waals surface area contributed by atoms with Crippen LogP contribution in [-0.4, -0.2) is 51.0 Å². The number of thiazole rings is 1. The fourth-order valence-corrected chi connectivity index (χ4v) is 2.70. The van der Waals surface area contributed by atoms with Crippen LogP contribution in [0, 0.1) is 13.8 Å². The van der Waals surface area contributed by atoms with E-state index >= 15 is 0 Å². The molecule has 0 aromatic carbocycles. The normalized spacial score (nSPS) is 11.7. The highest BCUT2D eigenvalue weighted by Crippen LogP contribution is 2.17. The standard InChI is InChI=1S/C15H28N4O2S/c1-5-16-15(17-7-6-8-21-10-9-20-4)18-11-14-12(2)19-13(3)22-14/h5-11H2,1-4H3,(H2,16,17,18). The zero-order chi connectivity index (χ0) is 16.2. The molecule has 6 nitrogen and oxygen atoms in total. The number of nitrogens with one attached hydrogen (secondary N) is 2. The third kappa shape index (κ3) is 7.72. The number of hydrogen-bond donors (Lipinski definition) is 2. The number of aryl methyl sites for hydroxylation is 2. The Labute approximate surface area is 137 Å². The molecule has 0 amide bonds. The summed E-state index contributed by atoms with van der Waals surface area (Å²) in [5.41, 5.74) is 1.08. The monoisotopic (exact) mass is 328 g/mol. The van der Waals surface area contributed by atoms with Crippen molar-refractivity contribution in [1.29, 1.82) is 0 Å². The van der Waals surface area contributed by atoms with Gasteiger partial charge in [-0.15, -0.1) is 11.3 Å². The van der Waals surface area contributed by atoms with E-state index in [0.717, 1.165) is 42.8 Å². The quantitative estimate of drug-likeness (QED) is 0.390. The number of ether oxygens (including phenoxy) is 2. The summed E-state index contributed by atoms with van der Waals surface area (Å²) in [5.74, 6) is 0.838. The second-order valence-corrected chi connectivity index (χ2v) is 6.11. The van der Waals surface area contributed by atoms with Gasteiger partial charge in [0.05, 0.1) is 30.5 Å².